The molecule has 1 atom stereocenters. The molecule has 2 aromatic rings. The van der Waals surface area contributed by atoms with Crippen molar-refractivity contribution < 1.29 is 8.42 Å². The zero-order valence-electron chi connectivity index (χ0n) is 17.2. The minimum atomic E-state index is -3.44. The van der Waals surface area contributed by atoms with Gasteiger partial charge in [0, 0.05) is 37.3 Å². The molecule has 0 aliphatic carbocycles. The van der Waals surface area contributed by atoms with Gasteiger partial charge in [0.05, 0.1) is 4.90 Å². The van der Waals surface area contributed by atoms with Crippen LogP contribution in [0, 0.1) is 5.92 Å². The number of hydrogen-bond acceptors (Lipinski definition) is 4. The van der Waals surface area contributed by atoms with E-state index in [0.717, 1.165) is 36.8 Å². The Hall–Kier alpha value is -1.30. The van der Waals surface area contributed by atoms with Crippen molar-refractivity contribution in [3.63, 3.8) is 0 Å². The van der Waals surface area contributed by atoms with E-state index in [1.807, 2.05) is 23.9 Å². The van der Waals surface area contributed by atoms with Crippen molar-refractivity contribution in [3.8, 4) is 0 Å². The van der Waals surface area contributed by atoms with E-state index in [9.17, 15) is 8.42 Å². The van der Waals surface area contributed by atoms with E-state index in [2.05, 4.69) is 44.2 Å². The van der Waals surface area contributed by atoms with Gasteiger partial charge in [0.15, 0.2) is 5.96 Å². The first-order valence-corrected chi connectivity index (χ1v) is 12.1. The Morgan fingerprint density at radius 3 is 2.67 bits per heavy atom. The fourth-order valence-electron chi connectivity index (χ4n) is 3.35. The van der Waals surface area contributed by atoms with E-state index >= 15 is 0 Å². The van der Waals surface area contributed by atoms with Crippen molar-refractivity contribution in [2.24, 2.45) is 10.9 Å². The van der Waals surface area contributed by atoms with Gasteiger partial charge >= 0.3 is 0 Å². The highest BCUT2D eigenvalue weighted by molar-refractivity contribution is 14.0. The molecule has 0 aromatic heterocycles. The van der Waals surface area contributed by atoms with Gasteiger partial charge in [-0.3, -0.25) is 4.99 Å². The van der Waals surface area contributed by atoms with Gasteiger partial charge in [-0.05, 0) is 49.2 Å². The van der Waals surface area contributed by atoms with Gasteiger partial charge in [0.25, 0.3) is 0 Å². The highest BCUT2D eigenvalue weighted by atomic mass is 127. The summed E-state index contributed by atoms with van der Waals surface area (Å²) in [6.07, 6.45) is 1.15. The van der Waals surface area contributed by atoms with Crippen molar-refractivity contribution in [3.05, 3.63) is 60.2 Å². The van der Waals surface area contributed by atoms with Crippen LogP contribution in [0.3, 0.4) is 0 Å². The quantitative estimate of drug-likeness (QED) is 0.235. The summed E-state index contributed by atoms with van der Waals surface area (Å²) < 4.78 is 26.3. The molecule has 2 aromatic carbocycles. The molecule has 0 amide bonds. The highest BCUT2D eigenvalue weighted by Gasteiger charge is 2.25. The van der Waals surface area contributed by atoms with Gasteiger partial charge in [-0.25, -0.2) is 13.1 Å². The molecule has 1 heterocycles. The van der Waals surface area contributed by atoms with E-state index in [-0.39, 0.29) is 28.9 Å². The van der Waals surface area contributed by atoms with Crippen LogP contribution in [0.15, 0.2) is 69.4 Å². The summed E-state index contributed by atoms with van der Waals surface area (Å²) in [5.74, 6) is 2.59. The fourth-order valence-corrected chi connectivity index (χ4v) is 5.20. The van der Waals surface area contributed by atoms with Gasteiger partial charge in [-0.2, -0.15) is 0 Å². The van der Waals surface area contributed by atoms with Crippen LogP contribution in [0.1, 0.15) is 12.0 Å². The lowest BCUT2D eigenvalue weighted by Crippen LogP contribution is -2.39. The lowest BCUT2D eigenvalue weighted by atomic mass is 10.2. The number of hydrogen-bond donors (Lipinski definition) is 2. The second kappa shape index (κ2) is 11.9. The molecule has 9 heteroatoms. The number of rotatable bonds is 7. The number of likely N-dealkylation sites (tertiary alicyclic amines) is 1. The molecule has 164 valence electrons. The predicted molar refractivity (Wildman–Crippen MR) is 135 cm³/mol. The summed E-state index contributed by atoms with van der Waals surface area (Å²) in [4.78, 5) is 8.28. The third-order valence-electron chi connectivity index (χ3n) is 4.95. The molecule has 1 aliphatic heterocycles. The van der Waals surface area contributed by atoms with Crippen molar-refractivity contribution >= 4 is 51.7 Å². The standard InChI is InChI=1S/C21H28N4O2S2.HI/c1-22-21(24-14-17-7-6-10-20(13-17)29(26,27)23-2)25-12-11-18(15-25)16-28-19-8-4-3-5-9-19;/h3-10,13,18,23H,11-12,14-16H2,1-2H3,(H,22,24);1H. The third-order valence-corrected chi connectivity index (χ3v) is 7.61. The van der Waals surface area contributed by atoms with E-state index in [1.165, 1.54) is 11.9 Å². The second-order valence-corrected chi connectivity index (χ2v) is 9.96. The number of halogens is 1. The fraction of sp³-hybridized carbons (Fsp3) is 0.381. The predicted octanol–water partition coefficient (Wildman–Crippen LogP) is 3.40. The highest BCUT2D eigenvalue weighted by Crippen LogP contribution is 2.25. The van der Waals surface area contributed by atoms with E-state index in [4.69, 9.17) is 0 Å². The molecule has 3 rings (SSSR count). The van der Waals surface area contributed by atoms with Crippen LogP contribution in [-0.4, -0.2) is 52.2 Å². The Balaban J connectivity index is 0.00000320. The SMILES string of the molecule is CN=C(NCc1cccc(S(=O)(=O)NC)c1)N1CCC(CSc2ccccc2)C1.I. The average Bonchev–Trinajstić information content (AvgIpc) is 3.22. The van der Waals surface area contributed by atoms with E-state index < -0.39 is 10.0 Å². The van der Waals surface area contributed by atoms with Crippen molar-refractivity contribution in [2.45, 2.75) is 22.8 Å². The lowest BCUT2D eigenvalue weighted by molar-refractivity contribution is 0.474. The first-order chi connectivity index (χ1) is 14.0. The summed E-state index contributed by atoms with van der Waals surface area (Å²) >= 11 is 1.91. The Labute approximate surface area is 201 Å². The van der Waals surface area contributed by atoms with Gasteiger partial charge in [0.2, 0.25) is 10.0 Å². The zero-order valence-corrected chi connectivity index (χ0v) is 21.2. The number of sulfonamides is 1. The number of thioether (sulfide) groups is 1. The molecular weight excluding hydrogens is 531 g/mol. The molecule has 0 bridgehead atoms. The van der Waals surface area contributed by atoms with Gasteiger partial charge in [-0.1, -0.05) is 30.3 Å². The minimum Gasteiger partial charge on any atom is -0.352 e. The molecule has 0 spiro atoms. The first-order valence-electron chi connectivity index (χ1n) is 9.68. The maximum atomic E-state index is 12.0. The molecule has 1 aliphatic rings. The molecule has 30 heavy (non-hydrogen) atoms. The molecule has 6 nitrogen and oxygen atoms in total. The lowest BCUT2D eigenvalue weighted by Gasteiger charge is -2.22. The largest absolute Gasteiger partial charge is 0.352 e. The van der Waals surface area contributed by atoms with Crippen molar-refractivity contribution in [1.82, 2.24) is 14.9 Å². The summed E-state index contributed by atoms with van der Waals surface area (Å²) in [6, 6.07) is 17.5. The Morgan fingerprint density at radius 1 is 1.20 bits per heavy atom. The van der Waals surface area contributed by atoms with Crippen LogP contribution in [0.25, 0.3) is 0 Å². The topological polar surface area (TPSA) is 73.8 Å². The van der Waals surface area contributed by atoms with Crippen molar-refractivity contribution in [1.29, 1.82) is 0 Å². The molecule has 0 saturated carbocycles. The average molecular weight is 561 g/mol. The van der Waals surface area contributed by atoms with Crippen LogP contribution in [0.4, 0.5) is 0 Å². The smallest absolute Gasteiger partial charge is 0.240 e. The van der Waals surface area contributed by atoms with Crippen molar-refractivity contribution in [2.75, 3.05) is 32.9 Å². The van der Waals surface area contributed by atoms with Crippen LogP contribution in [-0.2, 0) is 16.6 Å². The maximum Gasteiger partial charge on any atom is 0.240 e. The second-order valence-electron chi connectivity index (χ2n) is 6.98. The normalized spacial score (nSPS) is 16.9. The first kappa shape index (κ1) is 25.0. The third kappa shape index (κ3) is 6.86. The van der Waals surface area contributed by atoms with Crippen LogP contribution < -0.4 is 10.0 Å². The van der Waals surface area contributed by atoms with E-state index in [0.29, 0.717) is 12.5 Å². The zero-order chi connectivity index (χ0) is 20.7. The minimum absolute atomic E-state index is 0. The Morgan fingerprint density at radius 2 is 1.97 bits per heavy atom. The summed E-state index contributed by atoms with van der Waals surface area (Å²) in [5, 5.41) is 3.37. The molecule has 2 N–H and O–H groups in total. The summed E-state index contributed by atoms with van der Waals surface area (Å²) in [5.41, 5.74) is 0.901. The van der Waals surface area contributed by atoms with Gasteiger partial charge in [-0.15, -0.1) is 35.7 Å². The van der Waals surface area contributed by atoms with Crippen LogP contribution in [0.2, 0.25) is 0 Å². The molecular formula is C21H29IN4O2S2. The molecule has 1 saturated heterocycles. The number of aliphatic imine (C=N–C) groups is 1. The number of nitrogens with zero attached hydrogens (tertiary/aromatic N) is 2. The van der Waals surface area contributed by atoms with Crippen LogP contribution >= 0.6 is 35.7 Å². The molecule has 1 unspecified atom stereocenters. The van der Waals surface area contributed by atoms with Gasteiger partial charge < -0.3 is 10.2 Å². The van der Waals surface area contributed by atoms with E-state index in [1.54, 1.807) is 25.2 Å². The van der Waals surface area contributed by atoms with Crippen LogP contribution in [0.5, 0.6) is 0 Å². The summed E-state index contributed by atoms with van der Waals surface area (Å²) in [6.45, 7) is 2.49. The Kier molecular flexibility index (Phi) is 9.92. The molecule has 1 fully saturated rings. The number of nitrogens with one attached hydrogen (secondary N) is 2. The monoisotopic (exact) mass is 560 g/mol. The maximum absolute atomic E-state index is 12.0. The van der Waals surface area contributed by atoms with Gasteiger partial charge in [0.1, 0.15) is 0 Å². The number of benzene rings is 2. The summed E-state index contributed by atoms with van der Waals surface area (Å²) in [7, 11) is -0.231. The Bertz CT molecular complexity index is 939. The number of guanidine groups is 1. The molecule has 0 radical (unpaired) electrons.